The second-order valence-corrected chi connectivity index (χ2v) is 6.37. The summed E-state index contributed by atoms with van der Waals surface area (Å²) in [6, 6.07) is 16.9. The van der Waals surface area contributed by atoms with Crippen LogP contribution >= 0.6 is 0 Å². The zero-order chi connectivity index (χ0) is 19.4. The normalized spacial score (nSPS) is 10.6. The highest BCUT2D eigenvalue weighted by Crippen LogP contribution is 2.17. The summed E-state index contributed by atoms with van der Waals surface area (Å²) >= 11 is 0. The van der Waals surface area contributed by atoms with Gasteiger partial charge in [-0.2, -0.15) is 0 Å². The van der Waals surface area contributed by atoms with Crippen LogP contribution in [0.4, 0.5) is 10.1 Å². The molecule has 4 nitrogen and oxygen atoms in total. The zero-order valence-corrected chi connectivity index (χ0v) is 15.4. The molecule has 27 heavy (non-hydrogen) atoms. The molecule has 1 aromatic heterocycles. The summed E-state index contributed by atoms with van der Waals surface area (Å²) in [5, 5.41) is 0. The van der Waals surface area contributed by atoms with Gasteiger partial charge in [-0.3, -0.25) is 9.59 Å². The minimum absolute atomic E-state index is 0.0947. The van der Waals surface area contributed by atoms with Gasteiger partial charge in [0, 0.05) is 18.4 Å². The Morgan fingerprint density at radius 2 is 1.85 bits per heavy atom. The van der Waals surface area contributed by atoms with E-state index in [1.54, 1.807) is 29.3 Å². The van der Waals surface area contributed by atoms with E-state index < -0.39 is 5.56 Å². The minimum atomic E-state index is -0.391. The van der Waals surface area contributed by atoms with Gasteiger partial charge in [-0.25, -0.2) is 4.39 Å². The van der Waals surface area contributed by atoms with E-state index >= 15 is 0 Å². The molecule has 1 amide bonds. The van der Waals surface area contributed by atoms with E-state index in [1.165, 1.54) is 22.8 Å². The van der Waals surface area contributed by atoms with Gasteiger partial charge in [0.2, 0.25) is 0 Å². The monoisotopic (exact) mass is 364 g/mol. The standard InChI is InChI=1S/C22H21FN2O2/c1-3-25(19-10-4-7-16(2)13-19)22(27)20-11-6-12-24(21(20)26)15-17-8-5-9-18(23)14-17/h4-14H,3,15H2,1-2H3. The number of hydrogen-bond donors (Lipinski definition) is 0. The fourth-order valence-electron chi connectivity index (χ4n) is 3.04. The SMILES string of the molecule is CCN(C(=O)c1cccn(Cc2cccc(F)c2)c1=O)c1cccc(C)c1. The molecule has 0 spiro atoms. The van der Waals surface area contributed by atoms with Crippen LogP contribution in [0.25, 0.3) is 0 Å². The van der Waals surface area contributed by atoms with Gasteiger partial charge in [0.25, 0.3) is 11.5 Å². The molecule has 3 rings (SSSR count). The number of pyridine rings is 1. The number of rotatable bonds is 5. The van der Waals surface area contributed by atoms with Crippen LogP contribution in [0, 0.1) is 12.7 Å². The fraction of sp³-hybridized carbons (Fsp3) is 0.182. The highest BCUT2D eigenvalue weighted by atomic mass is 19.1. The van der Waals surface area contributed by atoms with E-state index in [-0.39, 0.29) is 23.8 Å². The van der Waals surface area contributed by atoms with Gasteiger partial charge in [0.1, 0.15) is 11.4 Å². The summed E-state index contributed by atoms with van der Waals surface area (Å²) < 4.78 is 14.8. The molecule has 0 fully saturated rings. The van der Waals surface area contributed by atoms with Crippen molar-refractivity contribution in [2.45, 2.75) is 20.4 Å². The number of nitrogens with zero attached hydrogens (tertiary/aromatic N) is 2. The van der Waals surface area contributed by atoms with Crippen molar-refractivity contribution in [2.24, 2.45) is 0 Å². The number of anilines is 1. The van der Waals surface area contributed by atoms with Crippen molar-refractivity contribution in [2.75, 3.05) is 11.4 Å². The van der Waals surface area contributed by atoms with E-state index in [0.29, 0.717) is 12.1 Å². The summed E-state index contributed by atoms with van der Waals surface area (Å²) in [4.78, 5) is 27.4. The molecule has 0 atom stereocenters. The quantitative estimate of drug-likeness (QED) is 0.686. The Morgan fingerprint density at radius 1 is 1.07 bits per heavy atom. The number of amides is 1. The first-order valence-corrected chi connectivity index (χ1v) is 8.82. The Hall–Kier alpha value is -3.21. The fourth-order valence-corrected chi connectivity index (χ4v) is 3.04. The second-order valence-electron chi connectivity index (χ2n) is 6.37. The number of carbonyl (C=O) groups excluding carboxylic acids is 1. The van der Waals surface area contributed by atoms with Gasteiger partial charge in [-0.15, -0.1) is 0 Å². The molecule has 138 valence electrons. The van der Waals surface area contributed by atoms with Crippen LogP contribution in [0.5, 0.6) is 0 Å². The van der Waals surface area contributed by atoms with Crippen molar-refractivity contribution in [1.82, 2.24) is 4.57 Å². The second kappa shape index (κ2) is 7.99. The van der Waals surface area contributed by atoms with Gasteiger partial charge < -0.3 is 9.47 Å². The number of carbonyl (C=O) groups is 1. The van der Waals surface area contributed by atoms with Crippen LogP contribution in [-0.2, 0) is 6.54 Å². The van der Waals surface area contributed by atoms with E-state index in [4.69, 9.17) is 0 Å². The molecule has 0 aliphatic heterocycles. The third-order valence-corrected chi connectivity index (χ3v) is 4.37. The molecule has 3 aromatic rings. The highest BCUT2D eigenvalue weighted by molar-refractivity contribution is 6.05. The third kappa shape index (κ3) is 4.14. The lowest BCUT2D eigenvalue weighted by Crippen LogP contribution is -2.36. The number of benzene rings is 2. The average molecular weight is 364 g/mol. The Morgan fingerprint density at radius 3 is 2.56 bits per heavy atom. The lowest BCUT2D eigenvalue weighted by molar-refractivity contribution is 0.0986. The summed E-state index contributed by atoms with van der Waals surface area (Å²) in [5.41, 5.74) is 2.15. The molecule has 5 heteroatoms. The minimum Gasteiger partial charge on any atom is -0.310 e. The van der Waals surface area contributed by atoms with Crippen LogP contribution in [0.2, 0.25) is 0 Å². The Bertz CT molecular complexity index is 1030. The van der Waals surface area contributed by atoms with Crippen LogP contribution < -0.4 is 10.5 Å². The lowest BCUT2D eigenvalue weighted by Gasteiger charge is -2.21. The Labute approximate surface area is 157 Å². The van der Waals surface area contributed by atoms with Crippen LogP contribution in [-0.4, -0.2) is 17.0 Å². The molecule has 0 aliphatic carbocycles. The van der Waals surface area contributed by atoms with Crippen molar-refractivity contribution in [1.29, 1.82) is 0 Å². The van der Waals surface area contributed by atoms with Crippen molar-refractivity contribution in [3.8, 4) is 0 Å². The predicted molar refractivity (Wildman–Crippen MR) is 105 cm³/mol. The average Bonchev–Trinajstić information content (AvgIpc) is 2.64. The maximum absolute atomic E-state index is 13.4. The summed E-state index contributed by atoms with van der Waals surface area (Å²) in [6.45, 7) is 4.47. The molecule has 0 aliphatic rings. The molecule has 0 N–H and O–H groups in total. The molecule has 0 saturated heterocycles. The Kier molecular flexibility index (Phi) is 5.50. The molecule has 2 aromatic carbocycles. The molecular formula is C22H21FN2O2. The van der Waals surface area contributed by atoms with Gasteiger partial charge in [-0.05, 0) is 61.4 Å². The Balaban J connectivity index is 1.94. The molecule has 0 bridgehead atoms. The molecule has 0 saturated carbocycles. The van der Waals surface area contributed by atoms with Crippen LogP contribution in [0.1, 0.15) is 28.4 Å². The topological polar surface area (TPSA) is 42.3 Å². The highest BCUT2D eigenvalue weighted by Gasteiger charge is 2.20. The summed E-state index contributed by atoms with van der Waals surface area (Å²) in [5.74, 6) is -0.703. The maximum atomic E-state index is 13.4. The number of aryl methyl sites for hydroxylation is 1. The molecule has 1 heterocycles. The predicted octanol–water partition coefficient (Wildman–Crippen LogP) is 4.01. The molecule has 0 radical (unpaired) electrons. The zero-order valence-electron chi connectivity index (χ0n) is 15.4. The van der Waals surface area contributed by atoms with Crippen LogP contribution in [0.15, 0.2) is 71.7 Å². The number of hydrogen-bond acceptors (Lipinski definition) is 2. The van der Waals surface area contributed by atoms with Crippen LogP contribution in [0.3, 0.4) is 0 Å². The number of aromatic nitrogens is 1. The third-order valence-electron chi connectivity index (χ3n) is 4.37. The maximum Gasteiger partial charge on any atom is 0.263 e. The van der Waals surface area contributed by atoms with E-state index in [9.17, 15) is 14.0 Å². The van der Waals surface area contributed by atoms with E-state index in [0.717, 1.165) is 11.3 Å². The van der Waals surface area contributed by atoms with Crippen molar-refractivity contribution < 1.29 is 9.18 Å². The summed E-state index contributed by atoms with van der Waals surface area (Å²) in [6.07, 6.45) is 1.60. The van der Waals surface area contributed by atoms with E-state index in [1.807, 2.05) is 38.1 Å². The first kappa shape index (κ1) is 18.6. The van der Waals surface area contributed by atoms with Gasteiger partial charge in [0.05, 0.1) is 6.54 Å². The molecular weight excluding hydrogens is 343 g/mol. The van der Waals surface area contributed by atoms with Gasteiger partial charge in [-0.1, -0.05) is 24.3 Å². The lowest BCUT2D eigenvalue weighted by atomic mass is 10.1. The number of halogens is 1. The first-order valence-electron chi connectivity index (χ1n) is 8.82. The first-order chi connectivity index (χ1) is 13.0. The smallest absolute Gasteiger partial charge is 0.263 e. The van der Waals surface area contributed by atoms with E-state index in [2.05, 4.69) is 0 Å². The van der Waals surface area contributed by atoms with Crippen molar-refractivity contribution >= 4 is 11.6 Å². The van der Waals surface area contributed by atoms with Gasteiger partial charge >= 0.3 is 0 Å². The largest absolute Gasteiger partial charge is 0.310 e. The summed E-state index contributed by atoms with van der Waals surface area (Å²) in [7, 11) is 0. The molecule has 0 unspecified atom stereocenters. The van der Waals surface area contributed by atoms with Crippen molar-refractivity contribution in [3.63, 3.8) is 0 Å². The van der Waals surface area contributed by atoms with Crippen molar-refractivity contribution in [3.05, 3.63) is 99.7 Å². The van der Waals surface area contributed by atoms with Gasteiger partial charge in [0.15, 0.2) is 0 Å².